The van der Waals surface area contributed by atoms with Crippen molar-refractivity contribution < 1.29 is 5.11 Å². The summed E-state index contributed by atoms with van der Waals surface area (Å²) in [4.78, 5) is 17.2. The van der Waals surface area contributed by atoms with E-state index in [1.165, 1.54) is 18.0 Å². The lowest BCUT2D eigenvalue weighted by Crippen LogP contribution is -2.00. The van der Waals surface area contributed by atoms with Crippen LogP contribution in [0.1, 0.15) is 22.6 Å². The zero-order valence-corrected chi connectivity index (χ0v) is 16.2. The Bertz CT molecular complexity index is 950. The molecule has 0 aliphatic carbocycles. The summed E-state index contributed by atoms with van der Waals surface area (Å²) < 4.78 is 1.72. The maximum Gasteiger partial charge on any atom is 0.249 e. The van der Waals surface area contributed by atoms with E-state index >= 15 is 0 Å². The molecule has 0 saturated heterocycles. The number of rotatable bonds is 5. The predicted octanol–water partition coefficient (Wildman–Crippen LogP) is 4.17. The number of aromatic nitrogens is 4. The number of hydrogen-bond acceptors (Lipinski definition) is 6. The Kier molecular flexibility index (Phi) is 5.58. The molecule has 0 aliphatic rings. The van der Waals surface area contributed by atoms with E-state index in [-0.39, 0.29) is 5.88 Å². The fourth-order valence-corrected chi connectivity index (χ4v) is 3.30. The standard InChI is InChI=1S/C18H18ClN5OS/c1-11-7-12(2)22-17(21-11)20-9-15-16(25)24(18(23-15)26-3)10-13-5-4-6-14(19)8-13/h4-9,25H,10H2,1-3H3. The van der Waals surface area contributed by atoms with E-state index < -0.39 is 0 Å². The SMILES string of the molecule is CSc1nc(C=Nc2nc(C)cc(C)n2)c(O)n1Cc1cccc(Cl)c1. The lowest BCUT2D eigenvalue weighted by molar-refractivity contribution is 0.415. The molecule has 134 valence electrons. The van der Waals surface area contributed by atoms with Crippen LogP contribution in [0.25, 0.3) is 0 Å². The van der Waals surface area contributed by atoms with Gasteiger partial charge in [0.15, 0.2) is 5.16 Å². The molecule has 1 N–H and O–H groups in total. The molecule has 0 fully saturated rings. The minimum atomic E-state index is 0.0439. The van der Waals surface area contributed by atoms with E-state index in [1.807, 2.05) is 50.4 Å². The van der Waals surface area contributed by atoms with Crippen molar-refractivity contribution in [3.05, 3.63) is 58.0 Å². The van der Waals surface area contributed by atoms with Crippen LogP contribution in [-0.2, 0) is 6.54 Å². The Morgan fingerprint density at radius 2 is 1.92 bits per heavy atom. The summed E-state index contributed by atoms with van der Waals surface area (Å²) in [7, 11) is 0. The second-order valence-corrected chi connectivity index (χ2v) is 6.94. The van der Waals surface area contributed by atoms with Crippen molar-refractivity contribution in [1.29, 1.82) is 0 Å². The fourth-order valence-electron chi connectivity index (χ4n) is 2.53. The molecule has 0 bridgehead atoms. The van der Waals surface area contributed by atoms with E-state index in [0.717, 1.165) is 17.0 Å². The van der Waals surface area contributed by atoms with E-state index in [2.05, 4.69) is 19.9 Å². The summed E-state index contributed by atoms with van der Waals surface area (Å²) in [6, 6.07) is 9.39. The summed E-state index contributed by atoms with van der Waals surface area (Å²) in [5.74, 6) is 0.388. The third-order valence-electron chi connectivity index (χ3n) is 3.62. The number of halogens is 1. The van der Waals surface area contributed by atoms with Gasteiger partial charge in [0.2, 0.25) is 11.8 Å². The molecule has 2 heterocycles. The molecule has 3 aromatic rings. The van der Waals surface area contributed by atoms with Gasteiger partial charge in [0.05, 0.1) is 12.8 Å². The third kappa shape index (κ3) is 4.23. The highest BCUT2D eigenvalue weighted by Gasteiger charge is 2.15. The van der Waals surface area contributed by atoms with E-state index in [0.29, 0.717) is 28.4 Å². The van der Waals surface area contributed by atoms with Crippen LogP contribution >= 0.6 is 23.4 Å². The Morgan fingerprint density at radius 1 is 1.19 bits per heavy atom. The molecule has 0 atom stereocenters. The molecule has 1 aromatic carbocycles. The lowest BCUT2D eigenvalue weighted by Gasteiger charge is -2.07. The summed E-state index contributed by atoms with van der Waals surface area (Å²) in [5, 5.41) is 11.9. The van der Waals surface area contributed by atoms with Crippen molar-refractivity contribution in [3.63, 3.8) is 0 Å². The molecule has 0 aliphatic heterocycles. The maximum absolute atomic E-state index is 10.6. The Labute approximate surface area is 161 Å². The minimum Gasteiger partial charge on any atom is -0.493 e. The molecular formula is C18H18ClN5OS. The van der Waals surface area contributed by atoms with Crippen LogP contribution < -0.4 is 0 Å². The second kappa shape index (κ2) is 7.88. The van der Waals surface area contributed by atoms with Crippen LogP contribution in [0.3, 0.4) is 0 Å². The molecule has 0 spiro atoms. The number of imidazole rings is 1. The number of nitrogens with zero attached hydrogens (tertiary/aromatic N) is 5. The fraction of sp³-hybridized carbons (Fsp3) is 0.222. The molecule has 26 heavy (non-hydrogen) atoms. The number of thioether (sulfide) groups is 1. The summed E-state index contributed by atoms with van der Waals surface area (Å²) in [5.41, 5.74) is 3.02. The van der Waals surface area contributed by atoms with Gasteiger partial charge in [-0.1, -0.05) is 35.5 Å². The second-order valence-electron chi connectivity index (χ2n) is 5.73. The first kappa shape index (κ1) is 18.4. The van der Waals surface area contributed by atoms with Gasteiger partial charge >= 0.3 is 0 Å². The Hall–Kier alpha value is -2.38. The number of aromatic hydroxyl groups is 1. The first-order chi connectivity index (χ1) is 12.5. The highest BCUT2D eigenvalue weighted by Crippen LogP contribution is 2.26. The van der Waals surface area contributed by atoms with Crippen molar-refractivity contribution >= 4 is 35.5 Å². The lowest BCUT2D eigenvalue weighted by atomic mass is 10.2. The molecule has 3 rings (SSSR count). The van der Waals surface area contributed by atoms with Gasteiger partial charge in [-0.15, -0.1) is 0 Å². The van der Waals surface area contributed by atoms with Gasteiger partial charge in [0.25, 0.3) is 0 Å². The van der Waals surface area contributed by atoms with Crippen LogP contribution in [0.4, 0.5) is 5.95 Å². The molecule has 2 aromatic heterocycles. The van der Waals surface area contributed by atoms with Crippen LogP contribution in [-0.4, -0.2) is 37.1 Å². The topological polar surface area (TPSA) is 76.2 Å². The van der Waals surface area contributed by atoms with Crippen molar-refractivity contribution in [2.24, 2.45) is 4.99 Å². The first-order valence-corrected chi connectivity index (χ1v) is 9.51. The van der Waals surface area contributed by atoms with Gasteiger partial charge in [0, 0.05) is 16.4 Å². The van der Waals surface area contributed by atoms with Crippen LogP contribution in [0.15, 0.2) is 40.5 Å². The zero-order valence-electron chi connectivity index (χ0n) is 14.6. The summed E-state index contributed by atoms with van der Waals surface area (Å²) in [6.45, 7) is 4.23. The average Bonchev–Trinajstić information content (AvgIpc) is 2.88. The van der Waals surface area contributed by atoms with E-state index in [1.54, 1.807) is 4.57 Å². The summed E-state index contributed by atoms with van der Waals surface area (Å²) >= 11 is 7.49. The van der Waals surface area contributed by atoms with Crippen molar-refractivity contribution in [1.82, 2.24) is 19.5 Å². The summed E-state index contributed by atoms with van der Waals surface area (Å²) in [6.07, 6.45) is 3.39. The van der Waals surface area contributed by atoms with Gasteiger partial charge in [-0.3, -0.25) is 4.57 Å². The molecule has 0 saturated carbocycles. The van der Waals surface area contributed by atoms with Gasteiger partial charge in [0.1, 0.15) is 5.69 Å². The average molecular weight is 388 g/mol. The smallest absolute Gasteiger partial charge is 0.249 e. The van der Waals surface area contributed by atoms with Crippen LogP contribution in [0, 0.1) is 13.8 Å². The van der Waals surface area contributed by atoms with Crippen molar-refractivity contribution in [2.75, 3.05) is 6.26 Å². The van der Waals surface area contributed by atoms with Crippen LogP contribution in [0.5, 0.6) is 5.88 Å². The molecule has 0 unspecified atom stereocenters. The normalized spacial score (nSPS) is 11.4. The number of aliphatic imine (C=N–C) groups is 1. The number of benzene rings is 1. The zero-order chi connectivity index (χ0) is 18.7. The van der Waals surface area contributed by atoms with Gasteiger partial charge in [-0.25, -0.2) is 19.9 Å². The van der Waals surface area contributed by atoms with Crippen LogP contribution in [0.2, 0.25) is 5.02 Å². The largest absolute Gasteiger partial charge is 0.493 e. The Morgan fingerprint density at radius 3 is 2.58 bits per heavy atom. The first-order valence-electron chi connectivity index (χ1n) is 7.90. The molecule has 0 radical (unpaired) electrons. The molecular weight excluding hydrogens is 370 g/mol. The third-order valence-corrected chi connectivity index (χ3v) is 4.53. The molecule has 0 amide bonds. The van der Waals surface area contributed by atoms with Gasteiger partial charge in [-0.2, -0.15) is 0 Å². The highest BCUT2D eigenvalue weighted by molar-refractivity contribution is 7.98. The quantitative estimate of drug-likeness (QED) is 0.525. The minimum absolute atomic E-state index is 0.0439. The molecule has 6 nitrogen and oxygen atoms in total. The molecule has 8 heteroatoms. The van der Waals surface area contributed by atoms with Crippen molar-refractivity contribution in [3.8, 4) is 5.88 Å². The van der Waals surface area contributed by atoms with Gasteiger partial charge < -0.3 is 5.11 Å². The van der Waals surface area contributed by atoms with Crippen molar-refractivity contribution in [2.45, 2.75) is 25.5 Å². The number of hydrogen-bond donors (Lipinski definition) is 1. The monoisotopic (exact) mass is 387 g/mol. The van der Waals surface area contributed by atoms with E-state index in [4.69, 9.17) is 11.6 Å². The predicted molar refractivity (Wildman–Crippen MR) is 105 cm³/mol. The van der Waals surface area contributed by atoms with Gasteiger partial charge in [-0.05, 0) is 43.9 Å². The maximum atomic E-state index is 10.6. The Balaban J connectivity index is 1.91. The number of aryl methyl sites for hydroxylation is 2. The van der Waals surface area contributed by atoms with E-state index in [9.17, 15) is 5.11 Å². The highest BCUT2D eigenvalue weighted by atomic mass is 35.5.